The van der Waals surface area contributed by atoms with E-state index in [1.165, 1.54) is 0 Å². The van der Waals surface area contributed by atoms with Crippen molar-refractivity contribution in [3.63, 3.8) is 0 Å². The molecule has 0 aliphatic carbocycles. The maximum Gasteiger partial charge on any atom is 0.193 e. The molecular weight excluding hydrogens is 188 g/mol. The summed E-state index contributed by atoms with van der Waals surface area (Å²) in [4.78, 5) is 0. The van der Waals surface area contributed by atoms with Gasteiger partial charge in [0.15, 0.2) is 8.32 Å². The average molecular weight is 214 g/mol. The molecule has 0 amide bonds. The van der Waals surface area contributed by atoms with Crippen molar-refractivity contribution in [1.82, 2.24) is 0 Å². The molecule has 0 saturated heterocycles. The van der Waals surface area contributed by atoms with Gasteiger partial charge >= 0.3 is 0 Å². The van der Waals surface area contributed by atoms with Crippen LogP contribution < -0.4 is 0 Å². The Morgan fingerprint density at radius 2 is 1.79 bits per heavy atom. The zero-order valence-electron chi connectivity index (χ0n) is 10.9. The molecule has 0 aromatic heterocycles. The van der Waals surface area contributed by atoms with Crippen LogP contribution in [-0.4, -0.2) is 14.9 Å². The minimum Gasteiger partial charge on any atom is -0.413 e. The van der Waals surface area contributed by atoms with Gasteiger partial charge < -0.3 is 4.43 Å². The molecule has 14 heavy (non-hydrogen) atoms. The van der Waals surface area contributed by atoms with E-state index in [0.717, 1.165) is 12.2 Å². The molecule has 0 heterocycles. The van der Waals surface area contributed by atoms with Crippen LogP contribution in [0.25, 0.3) is 0 Å². The Bertz CT molecular complexity index is 204. The lowest BCUT2D eigenvalue weighted by molar-refractivity contribution is 0.291. The maximum absolute atomic E-state index is 6.06. The van der Waals surface area contributed by atoms with Crippen LogP contribution in [0.2, 0.25) is 18.1 Å². The Morgan fingerprint density at radius 3 is 2.07 bits per heavy atom. The van der Waals surface area contributed by atoms with E-state index in [1.54, 1.807) is 0 Å². The first-order valence-corrected chi connectivity index (χ1v) is 8.30. The van der Waals surface area contributed by atoms with Crippen molar-refractivity contribution < 1.29 is 4.43 Å². The van der Waals surface area contributed by atoms with Crippen LogP contribution >= 0.6 is 0 Å². The third kappa shape index (κ3) is 3.25. The first-order chi connectivity index (χ1) is 6.11. The van der Waals surface area contributed by atoms with Crippen molar-refractivity contribution in [2.24, 2.45) is 5.92 Å². The summed E-state index contributed by atoms with van der Waals surface area (Å²) in [5.41, 5.74) is 1.12. The van der Waals surface area contributed by atoms with Crippen LogP contribution in [-0.2, 0) is 4.43 Å². The van der Waals surface area contributed by atoms with Crippen molar-refractivity contribution in [3.8, 4) is 0 Å². The van der Waals surface area contributed by atoms with Gasteiger partial charge in [-0.1, -0.05) is 39.8 Å². The van der Waals surface area contributed by atoms with Crippen LogP contribution in [0.1, 0.15) is 34.6 Å². The molecule has 0 rings (SSSR count). The van der Waals surface area contributed by atoms with Crippen LogP contribution in [0.5, 0.6) is 0 Å². The van der Waals surface area contributed by atoms with Crippen molar-refractivity contribution in [3.05, 3.63) is 12.2 Å². The van der Waals surface area contributed by atoms with Crippen molar-refractivity contribution in [2.75, 3.05) is 6.61 Å². The third-order valence-corrected chi connectivity index (χ3v) is 8.22. The molecule has 0 aromatic carbocycles. The molecule has 0 atom stereocenters. The fourth-order valence-corrected chi connectivity index (χ4v) is 3.55. The highest BCUT2D eigenvalue weighted by Gasteiger charge is 2.43. The summed E-state index contributed by atoms with van der Waals surface area (Å²) < 4.78 is 6.06. The number of hydrogen-bond acceptors (Lipinski definition) is 1. The average Bonchev–Trinajstić information content (AvgIpc) is 2.00. The number of rotatable bonds is 5. The molecule has 0 aliphatic rings. The predicted octanol–water partition coefficient (Wildman–Crippen LogP) is 4.22. The van der Waals surface area contributed by atoms with E-state index < -0.39 is 8.32 Å². The lowest BCUT2D eigenvalue weighted by Crippen LogP contribution is -2.45. The van der Waals surface area contributed by atoms with E-state index in [-0.39, 0.29) is 0 Å². The summed E-state index contributed by atoms with van der Waals surface area (Å²) in [6.45, 7) is 20.4. The van der Waals surface area contributed by atoms with Crippen LogP contribution in [0.15, 0.2) is 12.2 Å². The summed E-state index contributed by atoms with van der Waals surface area (Å²) in [6.07, 6.45) is 0. The highest BCUT2D eigenvalue weighted by atomic mass is 28.4. The van der Waals surface area contributed by atoms with E-state index in [9.17, 15) is 0 Å². The minimum atomic E-state index is -1.62. The first-order valence-electron chi connectivity index (χ1n) is 5.39. The highest BCUT2D eigenvalue weighted by molar-refractivity contribution is 6.74. The molecule has 0 unspecified atom stereocenters. The topological polar surface area (TPSA) is 9.23 Å². The van der Waals surface area contributed by atoms with Crippen molar-refractivity contribution in [1.29, 1.82) is 0 Å². The summed E-state index contributed by atoms with van der Waals surface area (Å²) in [5.74, 6) is 0.661. The van der Waals surface area contributed by atoms with E-state index in [1.807, 2.05) is 6.92 Å². The van der Waals surface area contributed by atoms with E-state index in [4.69, 9.17) is 4.43 Å². The second-order valence-electron chi connectivity index (χ2n) is 5.63. The van der Waals surface area contributed by atoms with Gasteiger partial charge in [0.25, 0.3) is 0 Å². The predicted molar refractivity (Wildman–Crippen MR) is 67.1 cm³/mol. The first kappa shape index (κ1) is 13.9. The van der Waals surface area contributed by atoms with Gasteiger partial charge in [-0.05, 0) is 31.0 Å². The maximum atomic E-state index is 6.06. The van der Waals surface area contributed by atoms with E-state index in [2.05, 4.69) is 47.4 Å². The molecule has 84 valence electrons. The van der Waals surface area contributed by atoms with Gasteiger partial charge in [0, 0.05) is 0 Å². The molecule has 0 spiro atoms. The monoisotopic (exact) mass is 214 g/mol. The van der Waals surface area contributed by atoms with Crippen LogP contribution in [0, 0.1) is 5.92 Å². The van der Waals surface area contributed by atoms with E-state index in [0.29, 0.717) is 11.0 Å². The lowest BCUT2D eigenvalue weighted by Gasteiger charge is -2.42. The molecule has 2 heteroatoms. The number of hydrogen-bond donors (Lipinski definition) is 0. The third-order valence-electron chi connectivity index (χ3n) is 3.67. The Balaban J connectivity index is 4.51. The Labute approximate surface area is 90.7 Å². The van der Waals surface area contributed by atoms with Crippen molar-refractivity contribution >= 4 is 8.32 Å². The van der Waals surface area contributed by atoms with Gasteiger partial charge in [0.05, 0.1) is 6.61 Å². The zero-order valence-corrected chi connectivity index (χ0v) is 11.9. The molecule has 0 N–H and O–H groups in total. The summed E-state index contributed by atoms with van der Waals surface area (Å²) in [7, 11) is -1.62. The van der Waals surface area contributed by atoms with Crippen molar-refractivity contribution in [2.45, 2.75) is 52.8 Å². The minimum absolute atomic E-state index is 0.308. The van der Waals surface area contributed by atoms with E-state index >= 15 is 0 Å². The van der Waals surface area contributed by atoms with Gasteiger partial charge in [-0.15, -0.1) is 0 Å². The quantitative estimate of drug-likeness (QED) is 0.492. The Kier molecular flexibility index (Phi) is 4.60. The molecule has 0 saturated carbocycles. The molecule has 0 aliphatic heterocycles. The summed E-state index contributed by atoms with van der Waals surface area (Å²) in [6, 6.07) is 0. The standard InChI is InChI=1S/C12H26OSi/c1-10(2)9-13-14(7,8)12(5,6)11(3)4/h11H,1,9H2,2-8H3. The molecule has 1 nitrogen and oxygen atoms in total. The fourth-order valence-electron chi connectivity index (χ4n) is 1.18. The Hall–Kier alpha value is -0.0831. The van der Waals surface area contributed by atoms with Gasteiger partial charge in [-0.3, -0.25) is 0 Å². The molecule has 0 aromatic rings. The Morgan fingerprint density at radius 1 is 1.36 bits per heavy atom. The normalized spacial score (nSPS) is 13.4. The zero-order chi connectivity index (χ0) is 11.6. The largest absolute Gasteiger partial charge is 0.413 e. The SMILES string of the molecule is C=C(C)CO[Si](C)(C)C(C)(C)C(C)C. The van der Waals surface area contributed by atoms with Gasteiger partial charge in [0.2, 0.25) is 0 Å². The molecule has 0 radical (unpaired) electrons. The smallest absolute Gasteiger partial charge is 0.193 e. The second kappa shape index (κ2) is 4.62. The molecule has 0 fully saturated rings. The second-order valence-corrected chi connectivity index (χ2v) is 10.2. The van der Waals surface area contributed by atoms with Crippen LogP contribution in [0.3, 0.4) is 0 Å². The van der Waals surface area contributed by atoms with Crippen LogP contribution in [0.4, 0.5) is 0 Å². The fraction of sp³-hybridized carbons (Fsp3) is 0.833. The van der Waals surface area contributed by atoms with Gasteiger partial charge in [0.1, 0.15) is 0 Å². The van der Waals surface area contributed by atoms with Gasteiger partial charge in [-0.2, -0.15) is 0 Å². The molecule has 0 bridgehead atoms. The highest BCUT2D eigenvalue weighted by Crippen LogP contribution is 2.44. The van der Waals surface area contributed by atoms with Gasteiger partial charge in [-0.25, -0.2) is 0 Å². The summed E-state index contributed by atoms with van der Waals surface area (Å²) in [5, 5.41) is 0.308. The summed E-state index contributed by atoms with van der Waals surface area (Å²) >= 11 is 0. The molecular formula is C12H26OSi. The lowest BCUT2D eigenvalue weighted by atomic mass is 9.99.